The molecule has 0 saturated carbocycles. The van der Waals surface area contributed by atoms with Gasteiger partial charge in [0, 0.05) is 18.2 Å². The summed E-state index contributed by atoms with van der Waals surface area (Å²) in [4.78, 5) is 22.3. The van der Waals surface area contributed by atoms with Crippen LogP contribution in [-0.2, 0) is 4.79 Å². The summed E-state index contributed by atoms with van der Waals surface area (Å²) < 4.78 is 11.0. The molecule has 0 unspecified atom stereocenters. The van der Waals surface area contributed by atoms with E-state index in [9.17, 15) is 14.9 Å². The topological polar surface area (TPSA) is 90.7 Å². The highest BCUT2D eigenvalue weighted by molar-refractivity contribution is 5.92. The molecule has 2 aromatic rings. The lowest BCUT2D eigenvalue weighted by molar-refractivity contribution is -0.384. The van der Waals surface area contributed by atoms with Crippen molar-refractivity contribution in [1.29, 1.82) is 0 Å². The zero-order chi connectivity index (χ0) is 18.5. The first-order valence-corrected chi connectivity index (χ1v) is 8.15. The molecule has 7 nitrogen and oxygen atoms in total. The van der Waals surface area contributed by atoms with E-state index in [-0.39, 0.29) is 17.6 Å². The van der Waals surface area contributed by atoms with Crippen molar-refractivity contribution in [1.82, 2.24) is 5.32 Å². The Hall–Kier alpha value is -3.35. The van der Waals surface area contributed by atoms with Crippen LogP contribution in [0, 0.1) is 10.1 Å². The van der Waals surface area contributed by atoms with E-state index in [1.54, 1.807) is 18.2 Å². The molecule has 1 amide bonds. The summed E-state index contributed by atoms with van der Waals surface area (Å²) in [7, 11) is 0. The van der Waals surface area contributed by atoms with E-state index < -0.39 is 4.92 Å². The number of amides is 1. The summed E-state index contributed by atoms with van der Waals surface area (Å²) >= 11 is 0. The van der Waals surface area contributed by atoms with E-state index in [4.69, 9.17) is 9.47 Å². The Morgan fingerprint density at radius 2 is 1.85 bits per heavy atom. The monoisotopic (exact) mass is 354 g/mol. The summed E-state index contributed by atoms with van der Waals surface area (Å²) in [6, 6.07) is 11.3. The molecule has 0 fully saturated rings. The van der Waals surface area contributed by atoms with E-state index in [1.807, 2.05) is 25.1 Å². The highest BCUT2D eigenvalue weighted by Crippen LogP contribution is 2.32. The van der Waals surface area contributed by atoms with Crippen LogP contribution in [0.4, 0.5) is 5.69 Å². The van der Waals surface area contributed by atoms with Crippen molar-refractivity contribution in [3.05, 3.63) is 69.8 Å². The number of benzene rings is 2. The number of non-ortho nitro benzene ring substituents is 1. The van der Waals surface area contributed by atoms with Crippen LogP contribution in [0.3, 0.4) is 0 Å². The van der Waals surface area contributed by atoms with E-state index in [0.717, 1.165) is 5.56 Å². The van der Waals surface area contributed by atoms with Gasteiger partial charge < -0.3 is 14.8 Å². The largest absolute Gasteiger partial charge is 0.486 e. The smallest absolute Gasteiger partial charge is 0.269 e. The first kappa shape index (κ1) is 17.5. The molecule has 134 valence electrons. The van der Waals surface area contributed by atoms with E-state index in [0.29, 0.717) is 30.3 Å². The standard InChI is InChI=1S/C19H18N2O5/c1-13(15-5-8-17-18(12-15)26-11-10-25-17)20-19(22)9-4-14-2-6-16(7-3-14)21(23)24/h2-9,12-13H,10-11H2,1H3,(H,20,22)/b9-4+/t13-/m0/s1. The fourth-order valence-electron chi connectivity index (χ4n) is 2.55. The normalized spacial score (nSPS) is 14.0. The van der Waals surface area contributed by atoms with Crippen molar-refractivity contribution in [2.24, 2.45) is 0 Å². The second kappa shape index (κ2) is 7.69. The number of nitrogens with one attached hydrogen (secondary N) is 1. The zero-order valence-electron chi connectivity index (χ0n) is 14.2. The van der Waals surface area contributed by atoms with Gasteiger partial charge in [-0.3, -0.25) is 14.9 Å². The number of nitrogens with zero attached hydrogens (tertiary/aromatic N) is 1. The Balaban J connectivity index is 1.61. The molecule has 1 heterocycles. The molecule has 26 heavy (non-hydrogen) atoms. The number of rotatable bonds is 5. The Morgan fingerprint density at radius 1 is 1.15 bits per heavy atom. The maximum Gasteiger partial charge on any atom is 0.269 e. The van der Waals surface area contributed by atoms with E-state index in [1.165, 1.54) is 18.2 Å². The van der Waals surface area contributed by atoms with Crippen molar-refractivity contribution in [3.63, 3.8) is 0 Å². The average molecular weight is 354 g/mol. The van der Waals surface area contributed by atoms with Gasteiger partial charge in [-0.1, -0.05) is 6.07 Å². The fraction of sp³-hybridized carbons (Fsp3) is 0.211. The second-order valence-corrected chi connectivity index (χ2v) is 5.82. The van der Waals surface area contributed by atoms with E-state index >= 15 is 0 Å². The SMILES string of the molecule is C[C@H](NC(=O)/C=C/c1ccc([N+](=O)[O-])cc1)c1ccc2c(c1)OCCO2. The van der Waals surface area contributed by atoms with Crippen LogP contribution in [0.25, 0.3) is 6.08 Å². The minimum atomic E-state index is -0.463. The van der Waals surface area contributed by atoms with Crippen LogP contribution in [0.1, 0.15) is 24.1 Å². The van der Waals surface area contributed by atoms with Crippen molar-refractivity contribution in [2.45, 2.75) is 13.0 Å². The lowest BCUT2D eigenvalue weighted by Gasteiger charge is -2.20. The minimum Gasteiger partial charge on any atom is -0.486 e. The van der Waals surface area contributed by atoms with Crippen LogP contribution in [0.15, 0.2) is 48.5 Å². The third kappa shape index (κ3) is 4.18. The summed E-state index contributed by atoms with van der Waals surface area (Å²) in [5, 5.41) is 13.5. The minimum absolute atomic E-state index is 0.0128. The fourth-order valence-corrected chi connectivity index (χ4v) is 2.55. The van der Waals surface area contributed by atoms with Crippen LogP contribution in [-0.4, -0.2) is 24.0 Å². The van der Waals surface area contributed by atoms with Gasteiger partial charge in [0.05, 0.1) is 11.0 Å². The van der Waals surface area contributed by atoms with E-state index in [2.05, 4.69) is 5.32 Å². The zero-order valence-corrected chi connectivity index (χ0v) is 14.2. The first-order valence-electron chi connectivity index (χ1n) is 8.15. The van der Waals surface area contributed by atoms with Gasteiger partial charge in [0.1, 0.15) is 13.2 Å². The number of ether oxygens (including phenoxy) is 2. The maximum absolute atomic E-state index is 12.1. The first-order chi connectivity index (χ1) is 12.5. The summed E-state index contributed by atoms with van der Waals surface area (Å²) in [5.41, 5.74) is 1.63. The van der Waals surface area contributed by atoms with Gasteiger partial charge in [-0.2, -0.15) is 0 Å². The lowest BCUT2D eigenvalue weighted by Crippen LogP contribution is -2.25. The molecule has 1 aliphatic heterocycles. The molecule has 0 radical (unpaired) electrons. The average Bonchev–Trinajstić information content (AvgIpc) is 2.66. The van der Waals surface area contributed by atoms with Gasteiger partial charge in [0.15, 0.2) is 11.5 Å². The summed E-state index contributed by atoms with van der Waals surface area (Å²) in [5.74, 6) is 1.12. The third-order valence-electron chi connectivity index (χ3n) is 3.96. The van der Waals surface area contributed by atoms with Crippen LogP contribution in [0.5, 0.6) is 11.5 Å². The predicted molar refractivity (Wildman–Crippen MR) is 96.1 cm³/mol. The quantitative estimate of drug-likeness (QED) is 0.506. The highest BCUT2D eigenvalue weighted by atomic mass is 16.6. The molecule has 3 rings (SSSR count). The molecule has 0 spiro atoms. The van der Waals surface area contributed by atoms with Gasteiger partial charge in [-0.25, -0.2) is 0 Å². The lowest BCUT2D eigenvalue weighted by atomic mass is 10.1. The molecule has 0 aromatic heterocycles. The Bertz CT molecular complexity index is 846. The van der Waals surface area contributed by atoms with Gasteiger partial charge in [-0.05, 0) is 48.4 Å². The van der Waals surface area contributed by atoms with Gasteiger partial charge in [0.2, 0.25) is 5.91 Å². The molecule has 0 saturated heterocycles. The number of carbonyl (C=O) groups excluding carboxylic acids is 1. The second-order valence-electron chi connectivity index (χ2n) is 5.82. The number of fused-ring (bicyclic) bond motifs is 1. The summed E-state index contributed by atoms with van der Waals surface area (Å²) in [6.45, 7) is 2.92. The Kier molecular flexibility index (Phi) is 5.17. The number of nitro groups is 1. The van der Waals surface area contributed by atoms with Crippen molar-refractivity contribution in [2.75, 3.05) is 13.2 Å². The highest BCUT2D eigenvalue weighted by Gasteiger charge is 2.15. The van der Waals surface area contributed by atoms with Gasteiger partial charge in [0.25, 0.3) is 5.69 Å². The molecular formula is C19H18N2O5. The maximum atomic E-state index is 12.1. The molecule has 2 aromatic carbocycles. The number of nitro benzene ring substituents is 1. The van der Waals surface area contributed by atoms with Crippen molar-refractivity contribution >= 4 is 17.7 Å². The number of hydrogen-bond donors (Lipinski definition) is 1. The Labute approximate surface area is 150 Å². The molecular weight excluding hydrogens is 336 g/mol. The van der Waals surface area contributed by atoms with Crippen LogP contribution >= 0.6 is 0 Å². The number of hydrogen-bond acceptors (Lipinski definition) is 5. The van der Waals surface area contributed by atoms with Crippen LogP contribution < -0.4 is 14.8 Å². The van der Waals surface area contributed by atoms with Gasteiger partial charge in [-0.15, -0.1) is 0 Å². The molecule has 7 heteroatoms. The molecule has 0 aliphatic carbocycles. The molecule has 0 bridgehead atoms. The van der Waals surface area contributed by atoms with Crippen molar-refractivity contribution < 1.29 is 19.2 Å². The molecule has 1 atom stereocenters. The molecule has 1 aliphatic rings. The number of carbonyl (C=O) groups is 1. The Morgan fingerprint density at radius 3 is 2.54 bits per heavy atom. The third-order valence-corrected chi connectivity index (χ3v) is 3.96. The molecule has 1 N–H and O–H groups in total. The van der Waals surface area contributed by atoms with Crippen LogP contribution in [0.2, 0.25) is 0 Å². The van der Waals surface area contributed by atoms with Gasteiger partial charge >= 0.3 is 0 Å². The summed E-state index contributed by atoms with van der Waals surface area (Å²) in [6.07, 6.45) is 3.01. The van der Waals surface area contributed by atoms with Crippen molar-refractivity contribution in [3.8, 4) is 11.5 Å². The predicted octanol–water partition coefficient (Wildman–Crippen LogP) is 3.26.